The SMILES string of the molecule is CC(C)(C)N1OC[C@H]([C-]=O)[C@H]1c1ccccc1. The number of hydroxylamine groups is 2. The van der Waals surface area contributed by atoms with E-state index in [4.69, 9.17) is 4.84 Å². The Hall–Kier alpha value is -1.19. The lowest BCUT2D eigenvalue weighted by Crippen LogP contribution is -2.40. The van der Waals surface area contributed by atoms with Gasteiger partial charge in [-0.25, -0.2) is 0 Å². The number of carbonyl (C=O) groups excluding carboxylic acids is 1. The lowest BCUT2D eigenvalue weighted by molar-refractivity contribution is -0.189. The van der Waals surface area contributed by atoms with Crippen LogP contribution in [0.3, 0.4) is 0 Å². The monoisotopic (exact) mass is 232 g/mol. The highest BCUT2D eigenvalue weighted by atomic mass is 16.7. The molecule has 0 saturated carbocycles. The molecule has 3 nitrogen and oxygen atoms in total. The highest BCUT2D eigenvalue weighted by Crippen LogP contribution is 2.38. The van der Waals surface area contributed by atoms with Gasteiger partial charge in [0.15, 0.2) is 0 Å². The predicted molar refractivity (Wildman–Crippen MR) is 65.9 cm³/mol. The molecule has 3 heteroatoms. The maximum absolute atomic E-state index is 11.0. The van der Waals surface area contributed by atoms with E-state index in [1.807, 2.05) is 35.4 Å². The molecule has 1 saturated heterocycles. The molecule has 1 aromatic rings. The zero-order chi connectivity index (χ0) is 12.5. The molecular formula is C14H18NO2-. The minimum Gasteiger partial charge on any atom is -0.541 e. The van der Waals surface area contributed by atoms with Crippen LogP contribution in [0.1, 0.15) is 32.4 Å². The van der Waals surface area contributed by atoms with Gasteiger partial charge in [-0.2, -0.15) is 5.06 Å². The van der Waals surface area contributed by atoms with E-state index in [9.17, 15) is 4.79 Å². The van der Waals surface area contributed by atoms with Crippen LogP contribution in [0.4, 0.5) is 0 Å². The number of nitrogens with zero attached hydrogens (tertiary/aromatic N) is 1. The second-order valence-corrected chi connectivity index (χ2v) is 5.37. The molecule has 0 radical (unpaired) electrons. The minimum atomic E-state index is -0.211. The normalized spacial score (nSPS) is 26.1. The van der Waals surface area contributed by atoms with Gasteiger partial charge in [-0.3, -0.25) is 6.29 Å². The molecule has 0 unspecified atom stereocenters. The first-order chi connectivity index (χ1) is 8.04. The Balaban J connectivity index is 2.35. The summed E-state index contributed by atoms with van der Waals surface area (Å²) >= 11 is 0. The molecule has 0 amide bonds. The third-order valence-corrected chi connectivity index (χ3v) is 2.98. The van der Waals surface area contributed by atoms with Crippen molar-refractivity contribution in [2.75, 3.05) is 6.61 Å². The molecule has 0 aromatic heterocycles. The van der Waals surface area contributed by atoms with E-state index in [1.54, 1.807) is 0 Å². The highest BCUT2D eigenvalue weighted by molar-refractivity contribution is 5.57. The lowest BCUT2D eigenvalue weighted by Gasteiger charge is -2.37. The summed E-state index contributed by atoms with van der Waals surface area (Å²) in [5.41, 5.74) is 0.972. The average Bonchev–Trinajstić information content (AvgIpc) is 2.73. The summed E-state index contributed by atoms with van der Waals surface area (Å²) in [6, 6.07) is 9.96. The van der Waals surface area contributed by atoms with Gasteiger partial charge < -0.3 is 9.63 Å². The van der Waals surface area contributed by atoms with Gasteiger partial charge >= 0.3 is 0 Å². The van der Waals surface area contributed by atoms with Crippen molar-refractivity contribution in [1.82, 2.24) is 5.06 Å². The topological polar surface area (TPSA) is 29.5 Å². The first-order valence-electron chi connectivity index (χ1n) is 5.89. The van der Waals surface area contributed by atoms with Gasteiger partial charge in [-0.15, -0.1) is 0 Å². The smallest absolute Gasteiger partial charge is 0.0493 e. The Bertz CT molecular complexity index is 383. The summed E-state index contributed by atoms with van der Waals surface area (Å²) in [5, 5.41) is 1.91. The third-order valence-electron chi connectivity index (χ3n) is 2.98. The molecule has 1 fully saturated rings. The highest BCUT2D eigenvalue weighted by Gasteiger charge is 2.37. The van der Waals surface area contributed by atoms with Gasteiger partial charge in [0.25, 0.3) is 0 Å². The Morgan fingerprint density at radius 3 is 2.47 bits per heavy atom. The Kier molecular flexibility index (Phi) is 3.31. The molecule has 0 aliphatic carbocycles. The Labute approximate surface area is 102 Å². The van der Waals surface area contributed by atoms with Crippen LogP contribution in [0.25, 0.3) is 0 Å². The van der Waals surface area contributed by atoms with Crippen molar-refractivity contribution in [2.45, 2.75) is 32.4 Å². The van der Waals surface area contributed by atoms with Crippen molar-refractivity contribution in [1.29, 1.82) is 0 Å². The van der Waals surface area contributed by atoms with Gasteiger partial charge in [-0.05, 0) is 26.3 Å². The van der Waals surface area contributed by atoms with Crippen LogP contribution in [-0.4, -0.2) is 23.5 Å². The van der Waals surface area contributed by atoms with Crippen LogP contribution < -0.4 is 0 Å². The van der Waals surface area contributed by atoms with Crippen LogP contribution in [0, 0.1) is 5.92 Å². The third kappa shape index (κ3) is 2.40. The largest absolute Gasteiger partial charge is 0.541 e. The van der Waals surface area contributed by atoms with Crippen molar-refractivity contribution in [3.05, 3.63) is 35.9 Å². The molecule has 1 aliphatic heterocycles. The molecule has 1 aliphatic rings. The van der Waals surface area contributed by atoms with Crippen LogP contribution in [0.2, 0.25) is 0 Å². The van der Waals surface area contributed by atoms with Gasteiger partial charge in [0.2, 0.25) is 0 Å². The number of benzene rings is 1. The minimum absolute atomic E-state index is 0.0336. The molecule has 0 N–H and O–H groups in total. The fourth-order valence-electron chi connectivity index (χ4n) is 2.22. The van der Waals surface area contributed by atoms with Gasteiger partial charge in [0.05, 0.1) is 0 Å². The second-order valence-electron chi connectivity index (χ2n) is 5.37. The fraction of sp³-hybridized carbons (Fsp3) is 0.500. The summed E-state index contributed by atoms with van der Waals surface area (Å²) in [4.78, 5) is 16.7. The van der Waals surface area contributed by atoms with E-state index < -0.39 is 0 Å². The van der Waals surface area contributed by atoms with E-state index in [-0.39, 0.29) is 17.5 Å². The van der Waals surface area contributed by atoms with E-state index in [2.05, 4.69) is 27.1 Å². The van der Waals surface area contributed by atoms with Gasteiger partial charge in [0, 0.05) is 18.2 Å². The van der Waals surface area contributed by atoms with Crippen molar-refractivity contribution in [2.24, 2.45) is 5.92 Å². The van der Waals surface area contributed by atoms with E-state index in [0.29, 0.717) is 6.61 Å². The summed E-state index contributed by atoms with van der Waals surface area (Å²) in [6.45, 7) is 6.66. The van der Waals surface area contributed by atoms with Crippen LogP contribution in [0.15, 0.2) is 30.3 Å². The Morgan fingerprint density at radius 1 is 1.29 bits per heavy atom. The molecule has 0 bridgehead atoms. The van der Waals surface area contributed by atoms with Crippen molar-refractivity contribution < 1.29 is 9.63 Å². The van der Waals surface area contributed by atoms with Gasteiger partial charge in [-0.1, -0.05) is 36.2 Å². The van der Waals surface area contributed by atoms with E-state index in [0.717, 1.165) is 5.56 Å². The summed E-state index contributed by atoms with van der Waals surface area (Å²) in [5.74, 6) is -0.211. The quantitative estimate of drug-likeness (QED) is 0.734. The number of hydrogen-bond donors (Lipinski definition) is 0. The Morgan fingerprint density at radius 2 is 1.94 bits per heavy atom. The lowest BCUT2D eigenvalue weighted by atomic mass is 9.93. The zero-order valence-electron chi connectivity index (χ0n) is 10.5. The first kappa shape index (κ1) is 12.3. The first-order valence-corrected chi connectivity index (χ1v) is 5.89. The molecule has 2 rings (SSSR count). The molecule has 1 heterocycles. The molecule has 17 heavy (non-hydrogen) atoms. The molecule has 92 valence electrons. The standard InChI is InChI=1S/C14H18NO2/c1-14(2,3)15-13(12(9-16)10-17-15)11-7-5-4-6-8-11/h4-8,12-13H,10H2,1-3H3/q-1/t12-,13+/m0/s1. The summed E-state index contributed by atoms with van der Waals surface area (Å²) in [7, 11) is 0. The number of rotatable bonds is 2. The second kappa shape index (κ2) is 4.59. The van der Waals surface area contributed by atoms with E-state index in [1.165, 1.54) is 0 Å². The molecular weight excluding hydrogens is 214 g/mol. The van der Waals surface area contributed by atoms with Crippen LogP contribution >= 0.6 is 0 Å². The maximum atomic E-state index is 11.0. The van der Waals surface area contributed by atoms with Crippen LogP contribution in [-0.2, 0) is 9.63 Å². The van der Waals surface area contributed by atoms with E-state index >= 15 is 0 Å². The van der Waals surface area contributed by atoms with Crippen LogP contribution in [0.5, 0.6) is 0 Å². The average molecular weight is 232 g/mol. The zero-order valence-corrected chi connectivity index (χ0v) is 10.5. The predicted octanol–water partition coefficient (Wildman–Crippen LogP) is 2.50. The van der Waals surface area contributed by atoms with Crippen molar-refractivity contribution in [3.63, 3.8) is 0 Å². The fourth-order valence-corrected chi connectivity index (χ4v) is 2.22. The number of hydrogen-bond acceptors (Lipinski definition) is 3. The van der Waals surface area contributed by atoms with Gasteiger partial charge in [0.1, 0.15) is 0 Å². The molecule has 2 atom stereocenters. The molecule has 1 aromatic carbocycles. The summed E-state index contributed by atoms with van der Waals surface area (Å²) in [6.07, 6.45) is 2.10. The van der Waals surface area contributed by atoms with Crippen molar-refractivity contribution >= 4 is 6.29 Å². The van der Waals surface area contributed by atoms with Crippen molar-refractivity contribution in [3.8, 4) is 0 Å². The summed E-state index contributed by atoms with van der Waals surface area (Å²) < 4.78 is 0. The molecule has 0 spiro atoms. The maximum Gasteiger partial charge on any atom is 0.0493 e.